The number of aromatic nitrogens is 4. The Morgan fingerprint density at radius 2 is 2.00 bits per heavy atom. The van der Waals surface area contributed by atoms with Crippen molar-refractivity contribution in [3.63, 3.8) is 0 Å². The molecule has 0 amide bonds. The first-order chi connectivity index (χ1) is 10.2. The van der Waals surface area contributed by atoms with Gasteiger partial charge in [-0.3, -0.25) is 0 Å². The molecular weight excluding hydrogens is 262 g/mol. The highest BCUT2D eigenvalue weighted by Crippen LogP contribution is 2.28. The zero-order valence-corrected chi connectivity index (χ0v) is 12.2. The molecule has 21 heavy (non-hydrogen) atoms. The van der Waals surface area contributed by atoms with Gasteiger partial charge in [0.05, 0.1) is 0 Å². The summed E-state index contributed by atoms with van der Waals surface area (Å²) in [7, 11) is 0. The molecule has 1 aliphatic carbocycles. The number of hydrogen-bond acceptors (Lipinski definition) is 4. The van der Waals surface area contributed by atoms with Crippen molar-refractivity contribution >= 4 is 17.3 Å². The third-order valence-corrected chi connectivity index (χ3v) is 4.27. The van der Waals surface area contributed by atoms with Gasteiger partial charge in [0, 0.05) is 16.9 Å². The van der Waals surface area contributed by atoms with E-state index >= 15 is 0 Å². The Balaban J connectivity index is 1.80. The Morgan fingerprint density at radius 1 is 1.14 bits per heavy atom. The van der Waals surface area contributed by atoms with E-state index in [4.69, 9.17) is 0 Å². The van der Waals surface area contributed by atoms with Gasteiger partial charge in [-0.25, -0.2) is 4.98 Å². The molecule has 0 spiro atoms. The molecule has 0 unspecified atom stereocenters. The third-order valence-electron chi connectivity index (χ3n) is 4.27. The Morgan fingerprint density at radius 3 is 2.90 bits per heavy atom. The number of hydrogen-bond donors (Lipinski definition) is 1. The molecule has 0 radical (unpaired) electrons. The van der Waals surface area contributed by atoms with E-state index < -0.39 is 0 Å². The largest absolute Gasteiger partial charge is 0.340 e. The summed E-state index contributed by atoms with van der Waals surface area (Å²) in [6.45, 7) is 4.05. The maximum atomic E-state index is 4.44. The SMILES string of the molecule is Cc1nc2ncnn2c(Nc2ccc3c(c2)CCC3)c1C. The van der Waals surface area contributed by atoms with Crippen molar-refractivity contribution in [1.29, 1.82) is 0 Å². The van der Waals surface area contributed by atoms with E-state index in [1.807, 2.05) is 6.92 Å². The summed E-state index contributed by atoms with van der Waals surface area (Å²) in [5, 5.41) is 7.76. The molecule has 2 heterocycles. The molecule has 5 heteroatoms. The van der Waals surface area contributed by atoms with Crippen LogP contribution in [-0.4, -0.2) is 19.6 Å². The predicted octanol–water partition coefficient (Wildman–Crippen LogP) is 2.97. The minimum atomic E-state index is 0.627. The van der Waals surface area contributed by atoms with Crippen molar-refractivity contribution in [2.24, 2.45) is 0 Å². The Kier molecular flexibility index (Phi) is 2.67. The molecule has 5 nitrogen and oxygen atoms in total. The molecule has 1 N–H and O–H groups in total. The number of fused-ring (bicyclic) bond motifs is 2. The lowest BCUT2D eigenvalue weighted by Gasteiger charge is -2.13. The molecule has 4 rings (SSSR count). The van der Waals surface area contributed by atoms with Crippen LogP contribution < -0.4 is 5.32 Å². The molecule has 0 atom stereocenters. The van der Waals surface area contributed by atoms with Crippen molar-refractivity contribution in [3.05, 3.63) is 46.9 Å². The maximum absolute atomic E-state index is 4.44. The first-order valence-corrected chi connectivity index (χ1v) is 7.28. The zero-order chi connectivity index (χ0) is 14.4. The summed E-state index contributed by atoms with van der Waals surface area (Å²) in [4.78, 5) is 8.63. The normalized spacial score (nSPS) is 13.6. The highest BCUT2D eigenvalue weighted by molar-refractivity contribution is 5.63. The number of nitrogens with one attached hydrogen (secondary N) is 1. The third kappa shape index (κ3) is 1.96. The molecular formula is C16H17N5. The molecule has 1 aromatic carbocycles. The molecule has 0 bridgehead atoms. The van der Waals surface area contributed by atoms with Crippen LogP contribution in [0.25, 0.3) is 5.78 Å². The minimum Gasteiger partial charge on any atom is -0.340 e. The maximum Gasteiger partial charge on any atom is 0.254 e. The van der Waals surface area contributed by atoms with Gasteiger partial charge in [0.25, 0.3) is 5.78 Å². The summed E-state index contributed by atoms with van der Waals surface area (Å²) in [6.07, 6.45) is 5.18. The first kappa shape index (κ1) is 12.3. The fraction of sp³-hybridized carbons (Fsp3) is 0.312. The van der Waals surface area contributed by atoms with Gasteiger partial charge in [0.1, 0.15) is 12.1 Å². The van der Waals surface area contributed by atoms with Crippen LogP contribution in [0.1, 0.15) is 28.8 Å². The fourth-order valence-corrected chi connectivity index (χ4v) is 2.97. The number of benzene rings is 1. The van der Waals surface area contributed by atoms with Gasteiger partial charge in [-0.1, -0.05) is 6.07 Å². The number of rotatable bonds is 2. The zero-order valence-electron chi connectivity index (χ0n) is 12.2. The van der Waals surface area contributed by atoms with Crippen molar-refractivity contribution in [1.82, 2.24) is 19.6 Å². The topological polar surface area (TPSA) is 55.1 Å². The van der Waals surface area contributed by atoms with Crippen molar-refractivity contribution in [2.45, 2.75) is 33.1 Å². The van der Waals surface area contributed by atoms with Gasteiger partial charge < -0.3 is 5.32 Å². The second kappa shape index (κ2) is 4.55. The van der Waals surface area contributed by atoms with Crippen LogP contribution in [0.2, 0.25) is 0 Å². The molecule has 1 aliphatic rings. The lowest BCUT2D eigenvalue weighted by atomic mass is 10.1. The summed E-state index contributed by atoms with van der Waals surface area (Å²) in [5.41, 5.74) is 6.10. The molecule has 0 fully saturated rings. The average molecular weight is 279 g/mol. The van der Waals surface area contributed by atoms with E-state index in [9.17, 15) is 0 Å². The lowest BCUT2D eigenvalue weighted by Crippen LogP contribution is -2.06. The summed E-state index contributed by atoms with van der Waals surface area (Å²) < 4.78 is 1.76. The van der Waals surface area contributed by atoms with Gasteiger partial charge in [0.15, 0.2) is 0 Å². The predicted molar refractivity (Wildman–Crippen MR) is 82.0 cm³/mol. The van der Waals surface area contributed by atoms with Gasteiger partial charge in [-0.05, 0) is 56.4 Å². The monoisotopic (exact) mass is 279 g/mol. The standard InChI is InChI=1S/C16H17N5/c1-10-11(2)19-16-17-9-18-21(16)15(10)20-14-7-6-12-4-3-5-13(12)8-14/h6-9,20H,3-5H2,1-2H3. The van der Waals surface area contributed by atoms with E-state index in [0.717, 1.165) is 22.8 Å². The Hall–Kier alpha value is -2.43. The fourth-order valence-electron chi connectivity index (χ4n) is 2.97. The van der Waals surface area contributed by atoms with E-state index in [2.05, 4.69) is 45.5 Å². The summed E-state index contributed by atoms with van der Waals surface area (Å²) >= 11 is 0. The number of aryl methyl sites for hydroxylation is 3. The summed E-state index contributed by atoms with van der Waals surface area (Å²) in [5.74, 6) is 1.56. The van der Waals surface area contributed by atoms with Crippen LogP contribution in [0, 0.1) is 13.8 Å². The molecule has 2 aromatic heterocycles. The van der Waals surface area contributed by atoms with Crippen molar-refractivity contribution in [3.8, 4) is 0 Å². The van der Waals surface area contributed by atoms with Crippen LogP contribution in [0.3, 0.4) is 0 Å². The molecule has 0 aliphatic heterocycles. The molecule has 106 valence electrons. The van der Waals surface area contributed by atoms with E-state index in [-0.39, 0.29) is 0 Å². The quantitative estimate of drug-likeness (QED) is 0.783. The van der Waals surface area contributed by atoms with E-state index in [1.54, 1.807) is 4.52 Å². The van der Waals surface area contributed by atoms with Crippen LogP contribution in [0.15, 0.2) is 24.5 Å². The van der Waals surface area contributed by atoms with Gasteiger partial charge >= 0.3 is 0 Å². The van der Waals surface area contributed by atoms with Gasteiger partial charge in [0.2, 0.25) is 0 Å². The highest BCUT2D eigenvalue weighted by Gasteiger charge is 2.14. The van der Waals surface area contributed by atoms with Crippen LogP contribution >= 0.6 is 0 Å². The van der Waals surface area contributed by atoms with Crippen LogP contribution in [0.4, 0.5) is 11.5 Å². The van der Waals surface area contributed by atoms with Crippen LogP contribution in [-0.2, 0) is 12.8 Å². The van der Waals surface area contributed by atoms with Gasteiger partial charge in [-0.2, -0.15) is 14.6 Å². The average Bonchev–Trinajstić information content (AvgIpc) is 3.11. The Labute approximate surface area is 123 Å². The molecule has 0 saturated heterocycles. The molecule has 0 saturated carbocycles. The lowest BCUT2D eigenvalue weighted by molar-refractivity contribution is 0.911. The van der Waals surface area contributed by atoms with Crippen LogP contribution in [0.5, 0.6) is 0 Å². The second-order valence-electron chi connectivity index (χ2n) is 5.60. The van der Waals surface area contributed by atoms with Gasteiger partial charge in [-0.15, -0.1) is 0 Å². The second-order valence-corrected chi connectivity index (χ2v) is 5.60. The van der Waals surface area contributed by atoms with E-state index in [1.165, 1.54) is 36.7 Å². The smallest absolute Gasteiger partial charge is 0.254 e. The molecule has 3 aromatic rings. The number of nitrogens with zero attached hydrogens (tertiary/aromatic N) is 4. The van der Waals surface area contributed by atoms with Crippen molar-refractivity contribution < 1.29 is 0 Å². The highest BCUT2D eigenvalue weighted by atomic mass is 15.4. The number of anilines is 2. The van der Waals surface area contributed by atoms with E-state index in [0.29, 0.717) is 5.78 Å². The van der Waals surface area contributed by atoms with Crippen molar-refractivity contribution in [2.75, 3.05) is 5.32 Å². The Bertz CT molecular complexity index is 834. The summed E-state index contributed by atoms with van der Waals surface area (Å²) in [6, 6.07) is 6.62. The minimum absolute atomic E-state index is 0.627. The first-order valence-electron chi connectivity index (χ1n) is 7.28.